The molecule has 2 heterocycles. The highest BCUT2D eigenvalue weighted by molar-refractivity contribution is 6.35. The van der Waals surface area contributed by atoms with Gasteiger partial charge in [0.05, 0.1) is 16.4 Å². The predicted molar refractivity (Wildman–Crippen MR) is 116 cm³/mol. The predicted octanol–water partition coefficient (Wildman–Crippen LogP) is 6.98. The van der Waals surface area contributed by atoms with Gasteiger partial charge >= 0.3 is 0 Å². The number of hydrogen-bond acceptors (Lipinski definition) is 4. The van der Waals surface area contributed by atoms with E-state index in [4.69, 9.17) is 44.4 Å². The second-order valence-corrected chi connectivity index (χ2v) is 8.23. The second kappa shape index (κ2) is 7.82. The molecule has 0 amide bonds. The Balaban J connectivity index is 1.96. The quantitative estimate of drug-likeness (QED) is 0.338. The summed E-state index contributed by atoms with van der Waals surface area (Å²) in [4.78, 5) is 4.50. The van der Waals surface area contributed by atoms with Crippen molar-refractivity contribution in [2.75, 3.05) is 0 Å². The average Bonchev–Trinajstić information content (AvgIpc) is 3.28. The van der Waals surface area contributed by atoms with Crippen LogP contribution in [0.5, 0.6) is 0 Å². The van der Waals surface area contributed by atoms with Gasteiger partial charge in [-0.1, -0.05) is 65.9 Å². The van der Waals surface area contributed by atoms with Crippen LogP contribution >= 0.6 is 34.8 Å². The maximum atomic E-state index is 6.48. The van der Waals surface area contributed by atoms with E-state index in [1.165, 1.54) is 0 Å². The van der Waals surface area contributed by atoms with E-state index in [1.807, 2.05) is 51.1 Å². The van der Waals surface area contributed by atoms with E-state index in [0.717, 1.165) is 16.8 Å². The van der Waals surface area contributed by atoms with Gasteiger partial charge < -0.3 is 4.52 Å². The molecule has 0 saturated carbocycles. The molecule has 8 heteroatoms. The Hall–Kier alpha value is -2.34. The number of hydrogen-bond donors (Lipinski definition) is 0. The summed E-state index contributed by atoms with van der Waals surface area (Å²) < 4.78 is 7.26. The average molecular weight is 448 g/mol. The van der Waals surface area contributed by atoms with E-state index in [9.17, 15) is 0 Å². The summed E-state index contributed by atoms with van der Waals surface area (Å²) >= 11 is 18.6. The fraction of sp³-hybridized carbons (Fsp3) is 0.190. The molecule has 0 fully saturated rings. The molecule has 4 aromatic rings. The van der Waals surface area contributed by atoms with Crippen LogP contribution in [0.25, 0.3) is 28.5 Å². The van der Waals surface area contributed by atoms with Crippen molar-refractivity contribution in [3.8, 4) is 28.5 Å². The lowest BCUT2D eigenvalue weighted by Gasteiger charge is -2.11. The Bertz CT molecular complexity index is 1180. The molecule has 0 N–H and O–H groups in total. The molecular weight excluding hydrogens is 431 g/mol. The summed E-state index contributed by atoms with van der Waals surface area (Å²) in [6.45, 7) is 5.98. The molecule has 0 bridgehead atoms. The smallest absolute Gasteiger partial charge is 0.278 e. The Labute approximate surface area is 183 Å². The van der Waals surface area contributed by atoms with E-state index in [2.05, 4.69) is 10.1 Å². The first kappa shape index (κ1) is 20.0. The SMILES string of the molecule is Cc1c(-c2nc(C(C)C)no2)nn(-c2ccc(Cl)cc2Cl)c1-c1ccc(Cl)cc1. The molecule has 2 aromatic carbocycles. The third-order valence-corrected chi connectivity index (χ3v) is 5.33. The van der Waals surface area contributed by atoms with Crippen LogP contribution in [-0.4, -0.2) is 19.9 Å². The molecule has 0 aliphatic carbocycles. The van der Waals surface area contributed by atoms with Crippen LogP contribution in [-0.2, 0) is 0 Å². The first-order valence-corrected chi connectivity index (χ1v) is 10.1. The van der Waals surface area contributed by atoms with Crippen molar-refractivity contribution < 1.29 is 4.52 Å². The zero-order valence-corrected chi connectivity index (χ0v) is 18.2. The van der Waals surface area contributed by atoms with Crippen LogP contribution in [0.15, 0.2) is 47.0 Å². The molecule has 0 saturated heterocycles. The highest BCUT2D eigenvalue weighted by Gasteiger charge is 2.24. The topological polar surface area (TPSA) is 56.7 Å². The molecule has 0 spiro atoms. The van der Waals surface area contributed by atoms with Crippen LogP contribution in [0.3, 0.4) is 0 Å². The summed E-state index contributed by atoms with van der Waals surface area (Å²) in [6.07, 6.45) is 0. The Morgan fingerprint density at radius 1 is 0.966 bits per heavy atom. The molecule has 4 rings (SSSR count). The lowest BCUT2D eigenvalue weighted by Crippen LogP contribution is -2.00. The third kappa shape index (κ3) is 3.78. The van der Waals surface area contributed by atoms with Gasteiger partial charge in [-0.2, -0.15) is 10.1 Å². The van der Waals surface area contributed by atoms with E-state index in [0.29, 0.717) is 38.2 Å². The Morgan fingerprint density at radius 3 is 2.28 bits per heavy atom. The minimum atomic E-state index is 0.149. The largest absolute Gasteiger partial charge is 0.332 e. The molecule has 148 valence electrons. The van der Waals surface area contributed by atoms with Crippen molar-refractivity contribution in [2.24, 2.45) is 0 Å². The van der Waals surface area contributed by atoms with E-state index in [-0.39, 0.29) is 5.92 Å². The number of nitrogens with zero attached hydrogens (tertiary/aromatic N) is 4. The monoisotopic (exact) mass is 446 g/mol. The fourth-order valence-electron chi connectivity index (χ4n) is 3.04. The van der Waals surface area contributed by atoms with Gasteiger partial charge in [0.2, 0.25) is 0 Å². The summed E-state index contributed by atoms with van der Waals surface area (Å²) in [6, 6.07) is 12.8. The van der Waals surface area contributed by atoms with Crippen molar-refractivity contribution in [3.63, 3.8) is 0 Å². The number of aromatic nitrogens is 4. The highest BCUT2D eigenvalue weighted by Crippen LogP contribution is 2.36. The van der Waals surface area contributed by atoms with E-state index >= 15 is 0 Å². The van der Waals surface area contributed by atoms with Crippen LogP contribution in [0.2, 0.25) is 15.1 Å². The van der Waals surface area contributed by atoms with Crippen molar-refractivity contribution in [2.45, 2.75) is 26.7 Å². The summed E-state index contributed by atoms with van der Waals surface area (Å²) in [5, 5.41) is 10.5. The molecule has 0 aliphatic rings. The lowest BCUT2D eigenvalue weighted by atomic mass is 10.1. The molecule has 0 radical (unpaired) electrons. The zero-order valence-electron chi connectivity index (χ0n) is 15.9. The van der Waals surface area contributed by atoms with Gasteiger partial charge in [0.25, 0.3) is 5.89 Å². The van der Waals surface area contributed by atoms with Crippen molar-refractivity contribution in [3.05, 3.63) is 68.9 Å². The minimum absolute atomic E-state index is 0.149. The number of halogens is 3. The van der Waals surface area contributed by atoms with Crippen LogP contribution in [0, 0.1) is 6.92 Å². The molecule has 0 unspecified atom stereocenters. The van der Waals surface area contributed by atoms with Gasteiger partial charge in [0.1, 0.15) is 0 Å². The van der Waals surface area contributed by atoms with Crippen molar-refractivity contribution in [1.82, 2.24) is 19.9 Å². The first-order chi connectivity index (χ1) is 13.8. The van der Waals surface area contributed by atoms with Gasteiger partial charge in [-0.3, -0.25) is 0 Å². The molecule has 29 heavy (non-hydrogen) atoms. The molecule has 0 aliphatic heterocycles. The highest BCUT2D eigenvalue weighted by atomic mass is 35.5. The Morgan fingerprint density at radius 2 is 1.66 bits per heavy atom. The van der Waals surface area contributed by atoms with Crippen LogP contribution in [0.4, 0.5) is 0 Å². The zero-order chi connectivity index (χ0) is 20.7. The molecule has 0 atom stereocenters. The molecule has 2 aromatic heterocycles. The molecule has 5 nitrogen and oxygen atoms in total. The maximum absolute atomic E-state index is 6.48. The standard InChI is InChI=1S/C21H17Cl3N4O/c1-11(2)20-25-21(29-27-20)18-12(3)19(13-4-6-14(22)7-5-13)28(26-18)17-9-8-15(23)10-16(17)24/h4-11H,1-3H3. The minimum Gasteiger partial charge on any atom is -0.332 e. The van der Waals surface area contributed by atoms with Gasteiger partial charge in [-0.25, -0.2) is 4.68 Å². The number of rotatable bonds is 4. The van der Waals surface area contributed by atoms with Gasteiger partial charge in [-0.15, -0.1) is 0 Å². The van der Waals surface area contributed by atoms with E-state index in [1.54, 1.807) is 16.8 Å². The van der Waals surface area contributed by atoms with Crippen LogP contribution in [0.1, 0.15) is 31.2 Å². The molecular formula is C21H17Cl3N4O. The first-order valence-electron chi connectivity index (χ1n) is 9.00. The van der Waals surface area contributed by atoms with Gasteiger partial charge in [0, 0.05) is 27.1 Å². The van der Waals surface area contributed by atoms with Gasteiger partial charge in [-0.05, 0) is 37.3 Å². The van der Waals surface area contributed by atoms with Crippen molar-refractivity contribution >= 4 is 34.8 Å². The summed E-state index contributed by atoms with van der Waals surface area (Å²) in [7, 11) is 0. The maximum Gasteiger partial charge on any atom is 0.278 e. The third-order valence-electron chi connectivity index (χ3n) is 4.54. The normalized spacial score (nSPS) is 11.4. The fourth-order valence-corrected chi connectivity index (χ4v) is 3.65. The summed E-state index contributed by atoms with van der Waals surface area (Å²) in [5.74, 6) is 1.15. The van der Waals surface area contributed by atoms with Crippen molar-refractivity contribution in [1.29, 1.82) is 0 Å². The van der Waals surface area contributed by atoms with Crippen LogP contribution < -0.4 is 0 Å². The van der Waals surface area contributed by atoms with E-state index < -0.39 is 0 Å². The number of benzene rings is 2. The second-order valence-electron chi connectivity index (χ2n) is 6.95. The Kier molecular flexibility index (Phi) is 5.38. The van der Waals surface area contributed by atoms with Gasteiger partial charge in [0.15, 0.2) is 11.5 Å². The lowest BCUT2D eigenvalue weighted by molar-refractivity contribution is 0.417. The summed E-state index contributed by atoms with van der Waals surface area (Å²) in [5.41, 5.74) is 3.96.